The van der Waals surface area contributed by atoms with E-state index in [0.29, 0.717) is 12.5 Å². The highest BCUT2D eigenvalue weighted by Crippen LogP contribution is 2.16. The Bertz CT molecular complexity index is 291. The van der Waals surface area contributed by atoms with Crippen LogP contribution in [0.2, 0.25) is 0 Å². The van der Waals surface area contributed by atoms with Gasteiger partial charge in [0.05, 0.1) is 5.69 Å². The van der Waals surface area contributed by atoms with Gasteiger partial charge in [0.25, 0.3) is 0 Å². The van der Waals surface area contributed by atoms with Crippen LogP contribution in [0.25, 0.3) is 0 Å². The molecular formula is C11H17N3O. The maximum atomic E-state index is 9.12. The standard InChI is InChI=1S/C11H17N3O/c15-9-10-2-1-5-14(7-10)8-11-6-12-3-4-13-11/h3-4,6,10,15H,1-2,5,7-9H2/t10-/m1/s1. The molecule has 1 N–H and O–H groups in total. The van der Waals surface area contributed by atoms with Gasteiger partial charge in [-0.15, -0.1) is 0 Å². The maximum Gasteiger partial charge on any atom is 0.0726 e. The monoisotopic (exact) mass is 207 g/mol. The molecule has 2 heterocycles. The van der Waals surface area contributed by atoms with E-state index in [1.54, 1.807) is 12.4 Å². The first-order chi connectivity index (χ1) is 7.38. The molecule has 1 aromatic heterocycles. The molecule has 0 amide bonds. The van der Waals surface area contributed by atoms with Gasteiger partial charge in [-0.2, -0.15) is 0 Å². The molecule has 2 rings (SSSR count). The van der Waals surface area contributed by atoms with Crippen molar-refractivity contribution in [2.45, 2.75) is 19.4 Å². The Hall–Kier alpha value is -1.00. The van der Waals surface area contributed by atoms with Crippen molar-refractivity contribution in [2.75, 3.05) is 19.7 Å². The lowest BCUT2D eigenvalue weighted by molar-refractivity contribution is 0.115. The first-order valence-electron chi connectivity index (χ1n) is 5.46. The Labute approximate surface area is 90.0 Å². The summed E-state index contributed by atoms with van der Waals surface area (Å²) >= 11 is 0. The Balaban J connectivity index is 1.89. The lowest BCUT2D eigenvalue weighted by Gasteiger charge is -2.31. The molecule has 0 bridgehead atoms. The van der Waals surface area contributed by atoms with Gasteiger partial charge < -0.3 is 5.11 Å². The van der Waals surface area contributed by atoms with Crippen LogP contribution >= 0.6 is 0 Å². The molecule has 1 saturated heterocycles. The van der Waals surface area contributed by atoms with Crippen molar-refractivity contribution in [1.29, 1.82) is 0 Å². The van der Waals surface area contributed by atoms with Gasteiger partial charge >= 0.3 is 0 Å². The summed E-state index contributed by atoms with van der Waals surface area (Å²) < 4.78 is 0. The normalized spacial score (nSPS) is 22.9. The average molecular weight is 207 g/mol. The zero-order valence-electron chi connectivity index (χ0n) is 8.84. The maximum absolute atomic E-state index is 9.12. The average Bonchev–Trinajstić information content (AvgIpc) is 2.31. The lowest BCUT2D eigenvalue weighted by Crippen LogP contribution is -2.36. The van der Waals surface area contributed by atoms with E-state index in [0.717, 1.165) is 31.7 Å². The summed E-state index contributed by atoms with van der Waals surface area (Å²) in [5, 5.41) is 9.12. The predicted molar refractivity (Wildman–Crippen MR) is 57.1 cm³/mol. The third-order valence-corrected chi connectivity index (χ3v) is 2.86. The van der Waals surface area contributed by atoms with Crippen LogP contribution in [-0.4, -0.2) is 39.7 Å². The molecule has 0 spiro atoms. The topological polar surface area (TPSA) is 49.2 Å². The summed E-state index contributed by atoms with van der Waals surface area (Å²) in [7, 11) is 0. The fourth-order valence-corrected chi connectivity index (χ4v) is 2.08. The van der Waals surface area contributed by atoms with Gasteiger partial charge in [-0.3, -0.25) is 14.9 Å². The predicted octanol–water partition coefficient (Wildman–Crippen LogP) is 0.681. The van der Waals surface area contributed by atoms with Gasteiger partial charge in [0.15, 0.2) is 0 Å². The number of nitrogens with zero attached hydrogens (tertiary/aromatic N) is 3. The molecule has 82 valence electrons. The second-order valence-corrected chi connectivity index (χ2v) is 4.12. The second-order valence-electron chi connectivity index (χ2n) is 4.12. The molecule has 0 saturated carbocycles. The van der Waals surface area contributed by atoms with Crippen LogP contribution in [0, 0.1) is 5.92 Å². The Kier molecular flexibility index (Phi) is 3.64. The van der Waals surface area contributed by atoms with Crippen LogP contribution in [0.4, 0.5) is 0 Å². The summed E-state index contributed by atoms with van der Waals surface area (Å²) in [4.78, 5) is 10.6. The molecule has 0 unspecified atom stereocenters. The molecule has 0 aromatic carbocycles. The molecule has 1 aliphatic heterocycles. The molecule has 1 aromatic rings. The number of hydrogen-bond donors (Lipinski definition) is 1. The van der Waals surface area contributed by atoms with E-state index in [2.05, 4.69) is 14.9 Å². The van der Waals surface area contributed by atoms with Crippen LogP contribution < -0.4 is 0 Å². The summed E-state index contributed by atoms with van der Waals surface area (Å²) in [6.45, 7) is 3.24. The van der Waals surface area contributed by atoms with Gasteiger partial charge in [-0.05, 0) is 25.3 Å². The first kappa shape index (κ1) is 10.5. The van der Waals surface area contributed by atoms with Crippen LogP contribution in [0.15, 0.2) is 18.6 Å². The zero-order valence-corrected chi connectivity index (χ0v) is 8.84. The van der Waals surface area contributed by atoms with Crippen LogP contribution in [0.5, 0.6) is 0 Å². The van der Waals surface area contributed by atoms with Gasteiger partial charge in [0.1, 0.15) is 0 Å². The molecular weight excluding hydrogens is 190 g/mol. The largest absolute Gasteiger partial charge is 0.396 e. The van der Waals surface area contributed by atoms with E-state index in [1.165, 1.54) is 6.42 Å². The molecule has 0 aliphatic carbocycles. The minimum Gasteiger partial charge on any atom is -0.396 e. The van der Waals surface area contributed by atoms with Crippen LogP contribution in [0.1, 0.15) is 18.5 Å². The summed E-state index contributed by atoms with van der Waals surface area (Å²) in [5.74, 6) is 0.440. The Morgan fingerprint density at radius 2 is 2.40 bits per heavy atom. The number of hydrogen-bond acceptors (Lipinski definition) is 4. The summed E-state index contributed by atoms with van der Waals surface area (Å²) in [6, 6.07) is 0. The second kappa shape index (κ2) is 5.19. The fourth-order valence-electron chi connectivity index (χ4n) is 2.08. The van der Waals surface area contributed by atoms with Gasteiger partial charge in [-0.25, -0.2) is 0 Å². The van der Waals surface area contributed by atoms with Crippen molar-refractivity contribution >= 4 is 0 Å². The molecule has 15 heavy (non-hydrogen) atoms. The van der Waals surface area contributed by atoms with Crippen molar-refractivity contribution in [3.8, 4) is 0 Å². The van der Waals surface area contributed by atoms with E-state index < -0.39 is 0 Å². The Morgan fingerprint density at radius 1 is 1.47 bits per heavy atom. The number of aromatic nitrogens is 2. The fraction of sp³-hybridized carbons (Fsp3) is 0.636. The first-order valence-corrected chi connectivity index (χ1v) is 5.46. The number of likely N-dealkylation sites (tertiary alicyclic amines) is 1. The lowest BCUT2D eigenvalue weighted by atomic mass is 9.99. The summed E-state index contributed by atoms with van der Waals surface area (Å²) in [5.41, 5.74) is 1.01. The minimum absolute atomic E-state index is 0.303. The van der Waals surface area contributed by atoms with E-state index in [9.17, 15) is 0 Å². The van der Waals surface area contributed by atoms with Crippen molar-refractivity contribution in [3.63, 3.8) is 0 Å². The van der Waals surface area contributed by atoms with Crippen molar-refractivity contribution in [3.05, 3.63) is 24.3 Å². The van der Waals surface area contributed by atoms with Crippen molar-refractivity contribution < 1.29 is 5.11 Å². The molecule has 4 nitrogen and oxygen atoms in total. The summed E-state index contributed by atoms with van der Waals surface area (Å²) in [6.07, 6.45) is 7.54. The van der Waals surface area contributed by atoms with Crippen molar-refractivity contribution in [1.82, 2.24) is 14.9 Å². The quantitative estimate of drug-likeness (QED) is 0.792. The van der Waals surface area contributed by atoms with Gasteiger partial charge in [0, 0.05) is 38.3 Å². The third kappa shape index (κ3) is 2.97. The van der Waals surface area contributed by atoms with E-state index in [1.807, 2.05) is 6.20 Å². The van der Waals surface area contributed by atoms with Crippen LogP contribution in [0.3, 0.4) is 0 Å². The molecule has 1 fully saturated rings. The smallest absolute Gasteiger partial charge is 0.0726 e. The molecule has 1 aliphatic rings. The molecule has 4 heteroatoms. The zero-order chi connectivity index (χ0) is 10.5. The van der Waals surface area contributed by atoms with Crippen molar-refractivity contribution in [2.24, 2.45) is 5.92 Å². The Morgan fingerprint density at radius 3 is 3.13 bits per heavy atom. The highest BCUT2D eigenvalue weighted by atomic mass is 16.3. The molecule has 1 atom stereocenters. The van der Waals surface area contributed by atoms with E-state index >= 15 is 0 Å². The minimum atomic E-state index is 0.303. The molecule has 0 radical (unpaired) electrons. The third-order valence-electron chi connectivity index (χ3n) is 2.86. The number of piperidine rings is 1. The number of rotatable bonds is 3. The van der Waals surface area contributed by atoms with Gasteiger partial charge in [0.2, 0.25) is 0 Å². The van der Waals surface area contributed by atoms with Gasteiger partial charge in [-0.1, -0.05) is 0 Å². The number of aliphatic hydroxyl groups excluding tert-OH is 1. The van der Waals surface area contributed by atoms with E-state index in [-0.39, 0.29) is 0 Å². The highest BCUT2D eigenvalue weighted by molar-refractivity contribution is 4.94. The van der Waals surface area contributed by atoms with Crippen LogP contribution in [-0.2, 0) is 6.54 Å². The highest BCUT2D eigenvalue weighted by Gasteiger charge is 2.19. The SMILES string of the molecule is OC[C@@H]1CCCN(Cc2cnccn2)C1. The van der Waals surface area contributed by atoms with E-state index in [4.69, 9.17) is 5.11 Å². The number of aliphatic hydroxyl groups is 1.